The highest BCUT2D eigenvalue weighted by Gasteiger charge is 2.15. The largest absolute Gasteiger partial charge is 0.493 e. The highest BCUT2D eigenvalue weighted by atomic mass is 16.5. The number of nitrogens with zero attached hydrogens (tertiary/aromatic N) is 2. The average molecular weight is 437 g/mol. The number of benzene rings is 2. The van der Waals surface area contributed by atoms with Crippen molar-refractivity contribution in [3.63, 3.8) is 0 Å². The fourth-order valence-corrected chi connectivity index (χ4v) is 2.79. The molecule has 0 saturated carbocycles. The van der Waals surface area contributed by atoms with Gasteiger partial charge in [-0.25, -0.2) is 4.98 Å². The van der Waals surface area contributed by atoms with Crippen LogP contribution < -0.4 is 25.8 Å². The smallest absolute Gasteiger partial charge is 0.306 e. The second-order valence-electron chi connectivity index (χ2n) is 6.47. The number of hydrogen-bond acceptors (Lipinski definition) is 10. The van der Waals surface area contributed by atoms with Gasteiger partial charge in [-0.05, 0) is 18.2 Å². The van der Waals surface area contributed by atoms with Crippen LogP contribution in [0.3, 0.4) is 0 Å². The molecule has 0 unspecified atom stereocenters. The van der Waals surface area contributed by atoms with E-state index in [1.807, 2.05) is 0 Å². The Labute approximate surface area is 183 Å². The molecule has 3 aromatic rings. The van der Waals surface area contributed by atoms with E-state index in [1.165, 1.54) is 14.2 Å². The average Bonchev–Trinajstić information content (AvgIpc) is 2.81. The lowest BCUT2D eigenvalue weighted by atomic mass is 10.2. The molecule has 0 atom stereocenters. The number of fused-ring (bicyclic) bond motifs is 1. The standard InChI is InChI=1S/C21H23N7O4/c1-30-15-10-13-14(11-16(15)31-2)27-21(28-17(13)22)26-9-8-25-20(29)19(24)32-18(23)12-6-4-3-5-7-12/h3-7,10-11,23-24H,8-9H2,1-2H3,(H,25,29)(H3,22,26,27,28). The Balaban J connectivity index is 1.54. The van der Waals surface area contributed by atoms with Crippen molar-refractivity contribution in [2.24, 2.45) is 0 Å². The summed E-state index contributed by atoms with van der Waals surface area (Å²) in [6, 6.07) is 12.0. The molecule has 1 heterocycles. The zero-order chi connectivity index (χ0) is 23.1. The van der Waals surface area contributed by atoms with Crippen molar-refractivity contribution in [2.75, 3.05) is 38.4 Å². The quantitative estimate of drug-likeness (QED) is 0.212. The molecular formula is C21H23N7O4. The first kappa shape index (κ1) is 22.3. The minimum Gasteiger partial charge on any atom is -0.493 e. The highest BCUT2D eigenvalue weighted by Crippen LogP contribution is 2.33. The lowest BCUT2D eigenvalue weighted by Gasteiger charge is -2.12. The molecule has 6 N–H and O–H groups in total. The molecule has 1 amide bonds. The number of aromatic nitrogens is 2. The van der Waals surface area contributed by atoms with E-state index in [0.29, 0.717) is 28.0 Å². The molecule has 2 aromatic carbocycles. The van der Waals surface area contributed by atoms with Crippen LogP contribution in [0.5, 0.6) is 11.5 Å². The summed E-state index contributed by atoms with van der Waals surface area (Å²) in [4.78, 5) is 20.6. The fraction of sp³-hybridized carbons (Fsp3) is 0.190. The first-order chi connectivity index (χ1) is 15.4. The number of amides is 1. The summed E-state index contributed by atoms with van der Waals surface area (Å²) in [5.41, 5.74) is 7.07. The molecule has 11 nitrogen and oxygen atoms in total. The van der Waals surface area contributed by atoms with Crippen LogP contribution in [0.15, 0.2) is 42.5 Å². The molecule has 0 fully saturated rings. The van der Waals surface area contributed by atoms with E-state index in [1.54, 1.807) is 42.5 Å². The number of nitrogens with two attached hydrogens (primary N) is 1. The Morgan fingerprint density at radius 2 is 1.72 bits per heavy atom. The minimum absolute atomic E-state index is 0.163. The monoisotopic (exact) mass is 437 g/mol. The van der Waals surface area contributed by atoms with Gasteiger partial charge in [-0.15, -0.1) is 0 Å². The predicted octanol–water partition coefficient (Wildman–Crippen LogP) is 1.78. The first-order valence-corrected chi connectivity index (χ1v) is 9.54. The number of methoxy groups -OCH3 is 2. The summed E-state index contributed by atoms with van der Waals surface area (Å²) in [5.74, 6) is -0.143. The van der Waals surface area contributed by atoms with Crippen LogP contribution in [0.2, 0.25) is 0 Å². The van der Waals surface area contributed by atoms with E-state index in [2.05, 4.69) is 20.6 Å². The Morgan fingerprint density at radius 3 is 2.41 bits per heavy atom. The number of nitrogens with one attached hydrogen (secondary N) is 4. The molecule has 0 aliphatic rings. The van der Waals surface area contributed by atoms with E-state index in [9.17, 15) is 4.79 Å². The second-order valence-corrected chi connectivity index (χ2v) is 6.47. The van der Waals surface area contributed by atoms with Crippen molar-refractivity contribution < 1.29 is 19.0 Å². The van der Waals surface area contributed by atoms with Crippen LogP contribution in [0, 0.1) is 10.8 Å². The van der Waals surface area contributed by atoms with Crippen LogP contribution in [-0.4, -0.2) is 55.0 Å². The van der Waals surface area contributed by atoms with Gasteiger partial charge in [0.2, 0.25) is 11.8 Å². The van der Waals surface area contributed by atoms with Crippen LogP contribution in [-0.2, 0) is 9.53 Å². The SMILES string of the molecule is COc1cc2nc(NCCNC(=O)C(=N)OC(=N)c3ccccc3)nc(N)c2cc1OC. The van der Waals surface area contributed by atoms with Crippen LogP contribution in [0.4, 0.5) is 11.8 Å². The Bertz CT molecular complexity index is 1150. The summed E-state index contributed by atoms with van der Waals surface area (Å²) in [6.45, 7) is 0.434. The summed E-state index contributed by atoms with van der Waals surface area (Å²) in [6.07, 6.45) is 0. The van der Waals surface area contributed by atoms with E-state index < -0.39 is 11.8 Å². The molecule has 0 spiro atoms. The summed E-state index contributed by atoms with van der Waals surface area (Å²) in [5, 5.41) is 21.6. The zero-order valence-corrected chi connectivity index (χ0v) is 17.6. The highest BCUT2D eigenvalue weighted by molar-refractivity contribution is 6.36. The maximum Gasteiger partial charge on any atom is 0.306 e. The maximum absolute atomic E-state index is 12.0. The number of carbonyl (C=O) groups is 1. The fourth-order valence-electron chi connectivity index (χ4n) is 2.79. The van der Waals surface area contributed by atoms with Gasteiger partial charge in [-0.1, -0.05) is 18.2 Å². The number of anilines is 2. The molecule has 32 heavy (non-hydrogen) atoms. The summed E-state index contributed by atoms with van der Waals surface area (Å²) in [7, 11) is 3.05. The van der Waals surface area contributed by atoms with Gasteiger partial charge in [0.05, 0.1) is 19.7 Å². The van der Waals surface area contributed by atoms with Gasteiger partial charge in [0.15, 0.2) is 11.5 Å². The van der Waals surface area contributed by atoms with Gasteiger partial charge in [0.1, 0.15) is 5.82 Å². The van der Waals surface area contributed by atoms with Crippen molar-refractivity contribution in [1.82, 2.24) is 15.3 Å². The third-order valence-electron chi connectivity index (χ3n) is 4.37. The third kappa shape index (κ3) is 5.19. The van der Waals surface area contributed by atoms with Gasteiger partial charge >= 0.3 is 5.91 Å². The van der Waals surface area contributed by atoms with Crippen molar-refractivity contribution in [1.29, 1.82) is 10.8 Å². The molecule has 1 aromatic heterocycles. The lowest BCUT2D eigenvalue weighted by Crippen LogP contribution is -2.36. The summed E-state index contributed by atoms with van der Waals surface area (Å²) >= 11 is 0. The molecule has 0 aliphatic heterocycles. The van der Waals surface area contributed by atoms with Crippen molar-refractivity contribution in [2.45, 2.75) is 0 Å². The normalized spacial score (nSPS) is 10.3. The lowest BCUT2D eigenvalue weighted by molar-refractivity contribution is -0.115. The topological polar surface area (TPSA) is 168 Å². The van der Waals surface area contributed by atoms with Crippen molar-refractivity contribution >= 4 is 40.4 Å². The van der Waals surface area contributed by atoms with E-state index in [0.717, 1.165) is 0 Å². The maximum atomic E-state index is 12.0. The first-order valence-electron chi connectivity index (χ1n) is 9.54. The summed E-state index contributed by atoms with van der Waals surface area (Å²) < 4.78 is 15.5. The molecule has 0 bridgehead atoms. The van der Waals surface area contributed by atoms with Crippen molar-refractivity contribution in [3.05, 3.63) is 48.0 Å². The molecule has 11 heteroatoms. The molecule has 166 valence electrons. The number of hydrogen-bond donors (Lipinski definition) is 5. The van der Waals surface area contributed by atoms with Gasteiger partial charge in [0.25, 0.3) is 5.90 Å². The van der Waals surface area contributed by atoms with Gasteiger partial charge < -0.3 is 30.6 Å². The van der Waals surface area contributed by atoms with Gasteiger partial charge in [0, 0.05) is 30.1 Å². The molecular weight excluding hydrogens is 414 g/mol. The number of ether oxygens (including phenoxy) is 3. The van der Waals surface area contributed by atoms with Gasteiger partial charge in [-0.2, -0.15) is 4.98 Å². The Kier molecular flexibility index (Phi) is 7.01. The predicted molar refractivity (Wildman–Crippen MR) is 121 cm³/mol. The molecule has 0 radical (unpaired) electrons. The molecule has 0 aliphatic carbocycles. The Hall–Kier alpha value is -4.41. The second kappa shape index (κ2) is 10.1. The molecule has 3 rings (SSSR count). The number of carbonyl (C=O) groups excluding carboxylic acids is 1. The molecule has 0 saturated heterocycles. The minimum atomic E-state index is -0.747. The van der Waals surface area contributed by atoms with E-state index >= 15 is 0 Å². The third-order valence-corrected chi connectivity index (χ3v) is 4.37. The number of nitrogen functional groups attached to an aromatic ring is 1. The van der Waals surface area contributed by atoms with E-state index in [4.69, 9.17) is 30.8 Å². The van der Waals surface area contributed by atoms with Crippen LogP contribution in [0.25, 0.3) is 10.9 Å². The van der Waals surface area contributed by atoms with E-state index in [-0.39, 0.29) is 30.8 Å². The number of rotatable bonds is 7. The van der Waals surface area contributed by atoms with Crippen LogP contribution in [0.1, 0.15) is 5.56 Å². The van der Waals surface area contributed by atoms with Crippen molar-refractivity contribution in [3.8, 4) is 11.5 Å². The Morgan fingerprint density at radius 1 is 1.03 bits per heavy atom. The van der Waals surface area contributed by atoms with Crippen LogP contribution >= 0.6 is 0 Å². The zero-order valence-electron chi connectivity index (χ0n) is 17.6. The van der Waals surface area contributed by atoms with Gasteiger partial charge in [-0.3, -0.25) is 15.6 Å².